The maximum absolute atomic E-state index is 10.9. The predicted molar refractivity (Wildman–Crippen MR) is 73.7 cm³/mol. The van der Waals surface area contributed by atoms with Crippen molar-refractivity contribution in [3.05, 3.63) is 29.8 Å². The Balaban J connectivity index is 2.07. The van der Waals surface area contributed by atoms with Gasteiger partial charge in [0.25, 0.3) is 0 Å². The summed E-state index contributed by atoms with van der Waals surface area (Å²) >= 11 is 0. The number of fused-ring (bicyclic) bond motifs is 1. The molecule has 0 saturated heterocycles. The van der Waals surface area contributed by atoms with Gasteiger partial charge in [0.05, 0.1) is 13.2 Å². The lowest BCUT2D eigenvalue weighted by Crippen LogP contribution is -2.35. The van der Waals surface area contributed by atoms with Crippen LogP contribution < -0.4 is 4.74 Å². The molecule has 4 nitrogen and oxygen atoms in total. The van der Waals surface area contributed by atoms with Crippen molar-refractivity contribution < 1.29 is 14.6 Å². The zero-order valence-corrected chi connectivity index (χ0v) is 11.3. The first kappa shape index (κ1) is 13.9. The van der Waals surface area contributed by atoms with Gasteiger partial charge in [-0.15, -0.1) is 0 Å². The maximum atomic E-state index is 10.9. The third-order valence-corrected chi connectivity index (χ3v) is 3.46. The third-order valence-electron chi connectivity index (χ3n) is 3.46. The van der Waals surface area contributed by atoms with E-state index >= 15 is 0 Å². The standard InChI is InChI=1S/C15H21NO3/c1-2-8-16(11-15(17)18)10-12-7-9-19-14-6-4-3-5-13(12)14/h3-6,12H,2,7-11H2,1H3,(H,17,18). The molecule has 1 aromatic carbocycles. The molecule has 19 heavy (non-hydrogen) atoms. The van der Waals surface area contributed by atoms with Crippen LogP contribution in [0.3, 0.4) is 0 Å². The van der Waals surface area contributed by atoms with Crippen LogP contribution in [0.25, 0.3) is 0 Å². The van der Waals surface area contributed by atoms with Gasteiger partial charge in [-0.1, -0.05) is 25.1 Å². The number of hydrogen-bond acceptors (Lipinski definition) is 3. The minimum Gasteiger partial charge on any atom is -0.493 e. The summed E-state index contributed by atoms with van der Waals surface area (Å²) in [5.41, 5.74) is 1.21. The molecule has 1 aliphatic heterocycles. The Morgan fingerprint density at radius 3 is 3.00 bits per heavy atom. The second-order valence-corrected chi connectivity index (χ2v) is 5.00. The first-order chi connectivity index (χ1) is 9.20. The van der Waals surface area contributed by atoms with Crippen LogP contribution >= 0.6 is 0 Å². The van der Waals surface area contributed by atoms with Gasteiger partial charge in [-0.25, -0.2) is 0 Å². The molecule has 0 radical (unpaired) electrons. The lowest BCUT2D eigenvalue weighted by Gasteiger charge is -2.30. The van der Waals surface area contributed by atoms with Crippen molar-refractivity contribution in [2.45, 2.75) is 25.7 Å². The number of carboxylic acids is 1. The molecule has 0 fully saturated rings. The number of rotatable bonds is 6. The normalized spacial score (nSPS) is 17.9. The maximum Gasteiger partial charge on any atom is 0.317 e. The summed E-state index contributed by atoms with van der Waals surface area (Å²) in [4.78, 5) is 12.9. The predicted octanol–water partition coefficient (Wildman–Crippen LogP) is 2.35. The summed E-state index contributed by atoms with van der Waals surface area (Å²) < 4.78 is 5.64. The summed E-state index contributed by atoms with van der Waals surface area (Å²) in [6, 6.07) is 8.07. The second-order valence-electron chi connectivity index (χ2n) is 5.00. The summed E-state index contributed by atoms with van der Waals surface area (Å²) in [7, 11) is 0. The smallest absolute Gasteiger partial charge is 0.317 e. The first-order valence-electron chi connectivity index (χ1n) is 6.86. The quantitative estimate of drug-likeness (QED) is 0.856. The number of hydrogen-bond donors (Lipinski definition) is 1. The summed E-state index contributed by atoms with van der Waals surface area (Å²) in [6.45, 7) is 4.53. The number of aliphatic carboxylic acids is 1. The molecule has 0 aliphatic carbocycles. The van der Waals surface area contributed by atoms with Gasteiger partial charge < -0.3 is 9.84 Å². The topological polar surface area (TPSA) is 49.8 Å². The van der Waals surface area contributed by atoms with Crippen LogP contribution in [0.5, 0.6) is 5.75 Å². The minimum absolute atomic E-state index is 0.118. The monoisotopic (exact) mass is 263 g/mol. The molecular formula is C15H21NO3. The summed E-state index contributed by atoms with van der Waals surface area (Å²) in [5.74, 6) is 0.565. The molecule has 104 valence electrons. The molecule has 1 atom stereocenters. The van der Waals surface area contributed by atoms with Crippen LogP contribution in [0, 0.1) is 0 Å². The van der Waals surface area contributed by atoms with E-state index < -0.39 is 5.97 Å². The van der Waals surface area contributed by atoms with Gasteiger partial charge in [-0.05, 0) is 31.0 Å². The van der Waals surface area contributed by atoms with E-state index in [-0.39, 0.29) is 6.54 Å². The van der Waals surface area contributed by atoms with Crippen molar-refractivity contribution in [3.8, 4) is 5.75 Å². The average molecular weight is 263 g/mol. The van der Waals surface area contributed by atoms with Gasteiger partial charge in [0.2, 0.25) is 0 Å². The number of carboxylic acid groups (broad SMARTS) is 1. The van der Waals surface area contributed by atoms with Crippen molar-refractivity contribution >= 4 is 5.97 Å². The van der Waals surface area contributed by atoms with Gasteiger partial charge in [0.1, 0.15) is 5.75 Å². The highest BCUT2D eigenvalue weighted by atomic mass is 16.5. The number of para-hydroxylation sites is 1. The number of ether oxygens (including phenoxy) is 1. The summed E-state index contributed by atoms with van der Waals surface area (Å²) in [6.07, 6.45) is 1.93. The van der Waals surface area contributed by atoms with Crippen molar-refractivity contribution in [2.24, 2.45) is 0 Å². The molecule has 1 N–H and O–H groups in total. The molecule has 0 spiro atoms. The van der Waals surface area contributed by atoms with E-state index in [0.29, 0.717) is 12.5 Å². The van der Waals surface area contributed by atoms with Crippen LogP contribution in [-0.4, -0.2) is 42.2 Å². The molecule has 1 unspecified atom stereocenters. The van der Waals surface area contributed by atoms with Crippen molar-refractivity contribution in [1.29, 1.82) is 0 Å². The van der Waals surface area contributed by atoms with Crippen LogP contribution in [0.4, 0.5) is 0 Å². The third kappa shape index (κ3) is 3.70. The Labute approximate surface area is 114 Å². The van der Waals surface area contributed by atoms with Gasteiger partial charge in [0.15, 0.2) is 0 Å². The van der Waals surface area contributed by atoms with Crippen LogP contribution in [0.15, 0.2) is 24.3 Å². The van der Waals surface area contributed by atoms with Gasteiger partial charge in [-0.2, -0.15) is 0 Å². The zero-order valence-electron chi connectivity index (χ0n) is 11.3. The largest absolute Gasteiger partial charge is 0.493 e. The van der Waals surface area contributed by atoms with E-state index in [1.54, 1.807) is 0 Å². The van der Waals surface area contributed by atoms with E-state index in [9.17, 15) is 4.79 Å². The van der Waals surface area contributed by atoms with Crippen molar-refractivity contribution in [2.75, 3.05) is 26.2 Å². The fraction of sp³-hybridized carbons (Fsp3) is 0.533. The molecule has 0 amide bonds. The number of benzene rings is 1. The molecule has 1 heterocycles. The van der Waals surface area contributed by atoms with Gasteiger partial charge in [0, 0.05) is 12.5 Å². The summed E-state index contributed by atoms with van der Waals surface area (Å²) in [5, 5.41) is 8.97. The molecule has 0 bridgehead atoms. The average Bonchev–Trinajstić information content (AvgIpc) is 2.39. The van der Waals surface area contributed by atoms with Crippen molar-refractivity contribution in [1.82, 2.24) is 4.90 Å². The Kier molecular flexibility index (Phi) is 4.80. The number of carbonyl (C=O) groups is 1. The van der Waals surface area contributed by atoms with Crippen molar-refractivity contribution in [3.63, 3.8) is 0 Å². The molecule has 4 heteroatoms. The fourth-order valence-corrected chi connectivity index (χ4v) is 2.66. The molecule has 0 aromatic heterocycles. The lowest BCUT2D eigenvalue weighted by molar-refractivity contribution is -0.138. The highest BCUT2D eigenvalue weighted by Crippen LogP contribution is 2.33. The van der Waals surface area contributed by atoms with Crippen LogP contribution in [0.2, 0.25) is 0 Å². The van der Waals surface area contributed by atoms with Crippen LogP contribution in [0.1, 0.15) is 31.2 Å². The van der Waals surface area contributed by atoms with E-state index in [4.69, 9.17) is 9.84 Å². The van der Waals surface area contributed by atoms with E-state index in [0.717, 1.165) is 31.7 Å². The molecular weight excluding hydrogens is 242 g/mol. The molecule has 1 aromatic rings. The van der Waals surface area contributed by atoms with E-state index in [1.165, 1.54) is 5.56 Å². The van der Waals surface area contributed by atoms with E-state index in [1.807, 2.05) is 23.1 Å². The minimum atomic E-state index is -0.756. The Morgan fingerprint density at radius 1 is 1.47 bits per heavy atom. The van der Waals surface area contributed by atoms with Crippen LogP contribution in [-0.2, 0) is 4.79 Å². The molecule has 1 aliphatic rings. The molecule has 0 saturated carbocycles. The number of nitrogens with zero attached hydrogens (tertiary/aromatic N) is 1. The second kappa shape index (κ2) is 6.57. The Morgan fingerprint density at radius 2 is 2.26 bits per heavy atom. The fourth-order valence-electron chi connectivity index (χ4n) is 2.66. The first-order valence-corrected chi connectivity index (χ1v) is 6.86. The highest BCUT2D eigenvalue weighted by molar-refractivity contribution is 5.69. The molecule has 2 rings (SSSR count). The highest BCUT2D eigenvalue weighted by Gasteiger charge is 2.23. The van der Waals surface area contributed by atoms with E-state index in [2.05, 4.69) is 13.0 Å². The Hall–Kier alpha value is -1.55. The SMILES string of the molecule is CCCN(CC(=O)O)CC1CCOc2ccccc21. The zero-order chi connectivity index (χ0) is 13.7. The van der Waals surface area contributed by atoms with Gasteiger partial charge >= 0.3 is 5.97 Å². The Bertz CT molecular complexity index is 433. The lowest BCUT2D eigenvalue weighted by atomic mass is 9.92. The van der Waals surface area contributed by atoms with Gasteiger partial charge in [-0.3, -0.25) is 9.69 Å².